The molecule has 2 atom stereocenters. The molecule has 1 saturated carbocycles. The predicted octanol–water partition coefficient (Wildman–Crippen LogP) is 4.35. The maximum atomic E-state index is 12.0. The molecule has 3 nitrogen and oxygen atoms in total. The summed E-state index contributed by atoms with van der Waals surface area (Å²) in [6.07, 6.45) is 10.6. The molecule has 3 heterocycles. The Morgan fingerprint density at radius 1 is 1.00 bits per heavy atom. The SMILES string of the molecule is CO[C@]1(C#C[C@@](O)(c2ccccc2)C2CCCCCCC2)CN2CCC1CC2. The van der Waals surface area contributed by atoms with E-state index in [-0.39, 0.29) is 5.92 Å². The van der Waals surface area contributed by atoms with E-state index in [1.165, 1.54) is 32.1 Å². The molecule has 0 unspecified atom stereocenters. The third-order valence-corrected chi connectivity index (χ3v) is 7.44. The monoisotopic (exact) mass is 381 g/mol. The van der Waals surface area contributed by atoms with Gasteiger partial charge in [0.25, 0.3) is 0 Å². The summed E-state index contributed by atoms with van der Waals surface area (Å²) >= 11 is 0. The molecule has 0 amide bonds. The third-order valence-electron chi connectivity index (χ3n) is 7.44. The molecule has 0 spiro atoms. The second kappa shape index (κ2) is 8.57. The smallest absolute Gasteiger partial charge is 0.153 e. The van der Waals surface area contributed by atoms with E-state index < -0.39 is 11.2 Å². The lowest BCUT2D eigenvalue weighted by molar-refractivity contribution is -0.0968. The fourth-order valence-electron chi connectivity index (χ4n) is 5.62. The van der Waals surface area contributed by atoms with Crippen LogP contribution in [0.1, 0.15) is 63.4 Å². The average Bonchev–Trinajstić information content (AvgIpc) is 2.73. The van der Waals surface area contributed by atoms with Crippen molar-refractivity contribution in [1.82, 2.24) is 4.90 Å². The fourth-order valence-corrected chi connectivity index (χ4v) is 5.62. The zero-order chi connectivity index (χ0) is 19.5. The molecular formula is C25H35NO2. The van der Waals surface area contributed by atoms with E-state index in [1.807, 2.05) is 30.3 Å². The molecular weight excluding hydrogens is 346 g/mol. The number of rotatable bonds is 3. The van der Waals surface area contributed by atoms with E-state index in [9.17, 15) is 5.11 Å². The topological polar surface area (TPSA) is 32.7 Å². The summed E-state index contributed by atoms with van der Waals surface area (Å²) in [5.41, 5.74) is -0.572. The van der Waals surface area contributed by atoms with Crippen molar-refractivity contribution in [2.75, 3.05) is 26.7 Å². The molecule has 152 valence electrons. The summed E-state index contributed by atoms with van der Waals surface area (Å²) in [6.45, 7) is 3.18. The summed E-state index contributed by atoms with van der Waals surface area (Å²) in [4.78, 5) is 2.47. The molecule has 0 aromatic heterocycles. The van der Waals surface area contributed by atoms with Gasteiger partial charge in [0.15, 0.2) is 5.60 Å². The van der Waals surface area contributed by atoms with Gasteiger partial charge in [0.1, 0.15) is 5.60 Å². The average molecular weight is 382 g/mol. The van der Waals surface area contributed by atoms with Gasteiger partial charge in [-0.3, -0.25) is 4.90 Å². The van der Waals surface area contributed by atoms with E-state index in [2.05, 4.69) is 16.7 Å². The molecule has 4 fully saturated rings. The Balaban J connectivity index is 1.69. The Morgan fingerprint density at radius 2 is 1.64 bits per heavy atom. The molecule has 1 aliphatic carbocycles. The van der Waals surface area contributed by atoms with Crippen LogP contribution in [0.25, 0.3) is 0 Å². The van der Waals surface area contributed by atoms with Crippen LogP contribution in [0.3, 0.4) is 0 Å². The van der Waals surface area contributed by atoms with Crippen molar-refractivity contribution in [2.45, 2.75) is 69.0 Å². The summed E-state index contributed by atoms with van der Waals surface area (Å²) in [6, 6.07) is 10.1. The summed E-state index contributed by atoms with van der Waals surface area (Å²) in [5, 5.41) is 12.0. The Morgan fingerprint density at radius 3 is 2.21 bits per heavy atom. The minimum absolute atomic E-state index is 0.192. The first-order valence-electron chi connectivity index (χ1n) is 11.3. The number of ether oxygens (including phenoxy) is 1. The van der Waals surface area contributed by atoms with Gasteiger partial charge in [-0.25, -0.2) is 0 Å². The van der Waals surface area contributed by atoms with Crippen LogP contribution >= 0.6 is 0 Å². The maximum absolute atomic E-state index is 12.0. The molecule has 1 N–H and O–H groups in total. The first-order valence-corrected chi connectivity index (χ1v) is 11.3. The number of fused-ring (bicyclic) bond motifs is 3. The first kappa shape index (κ1) is 20.0. The second-order valence-electron chi connectivity index (χ2n) is 9.07. The Bertz CT molecular complexity index is 692. The van der Waals surface area contributed by atoms with Crippen molar-refractivity contribution in [3.63, 3.8) is 0 Å². The van der Waals surface area contributed by atoms with Gasteiger partial charge < -0.3 is 9.84 Å². The highest BCUT2D eigenvalue weighted by molar-refractivity contribution is 5.36. The largest absolute Gasteiger partial charge is 0.373 e. The van der Waals surface area contributed by atoms with Crippen molar-refractivity contribution < 1.29 is 9.84 Å². The van der Waals surface area contributed by atoms with Gasteiger partial charge in [-0.2, -0.15) is 0 Å². The Labute approximate surface area is 170 Å². The Hall–Kier alpha value is -1.34. The molecule has 1 aromatic rings. The van der Waals surface area contributed by atoms with Crippen LogP contribution in [0.5, 0.6) is 0 Å². The minimum atomic E-state index is -1.09. The molecule has 4 aliphatic rings. The zero-order valence-electron chi connectivity index (χ0n) is 17.3. The first-order chi connectivity index (χ1) is 13.7. The highest BCUT2D eigenvalue weighted by Crippen LogP contribution is 2.40. The third kappa shape index (κ3) is 3.88. The van der Waals surface area contributed by atoms with Crippen LogP contribution in [-0.2, 0) is 10.3 Å². The predicted molar refractivity (Wildman–Crippen MR) is 113 cm³/mol. The van der Waals surface area contributed by atoms with Crippen LogP contribution in [0.15, 0.2) is 30.3 Å². The standard InChI is InChI=1S/C25H35NO2/c1-28-24(20-26-18-14-21(24)15-19-26)16-17-25(27,23-12-8-5-9-13-23)22-10-6-3-2-4-7-11-22/h5,8-9,12-13,21-22,27H,2-4,6-7,10-11,14-15,18-20H2,1H3/t24-,25+/m1/s1. The highest BCUT2D eigenvalue weighted by Gasteiger charge is 2.47. The van der Waals surface area contributed by atoms with Gasteiger partial charge >= 0.3 is 0 Å². The van der Waals surface area contributed by atoms with Gasteiger partial charge in [0.05, 0.1) is 0 Å². The molecule has 28 heavy (non-hydrogen) atoms. The van der Waals surface area contributed by atoms with Crippen molar-refractivity contribution in [2.24, 2.45) is 11.8 Å². The second-order valence-corrected chi connectivity index (χ2v) is 9.07. The number of aliphatic hydroxyl groups is 1. The van der Waals surface area contributed by atoms with Gasteiger partial charge in [-0.15, -0.1) is 0 Å². The van der Waals surface area contributed by atoms with Crippen molar-refractivity contribution >= 4 is 0 Å². The number of hydrogen-bond donors (Lipinski definition) is 1. The molecule has 5 rings (SSSR count). The van der Waals surface area contributed by atoms with Crippen molar-refractivity contribution in [1.29, 1.82) is 0 Å². The normalized spacial score (nSPS) is 33.2. The summed E-state index contributed by atoms with van der Waals surface area (Å²) in [5.74, 6) is 7.63. The molecule has 0 radical (unpaired) electrons. The lowest BCUT2D eigenvalue weighted by Crippen LogP contribution is -2.59. The van der Waals surface area contributed by atoms with E-state index in [0.717, 1.165) is 50.9 Å². The number of piperidine rings is 3. The van der Waals surface area contributed by atoms with Crippen molar-refractivity contribution in [3.8, 4) is 11.8 Å². The van der Waals surface area contributed by atoms with Crippen LogP contribution < -0.4 is 0 Å². The zero-order valence-corrected chi connectivity index (χ0v) is 17.3. The van der Waals surface area contributed by atoms with E-state index in [0.29, 0.717) is 5.92 Å². The molecule has 3 heteroatoms. The molecule has 3 aliphatic heterocycles. The van der Waals surface area contributed by atoms with Gasteiger partial charge in [-0.05, 0) is 44.3 Å². The molecule has 3 saturated heterocycles. The number of benzene rings is 1. The van der Waals surface area contributed by atoms with Gasteiger partial charge in [0.2, 0.25) is 0 Å². The summed E-state index contributed by atoms with van der Waals surface area (Å²) in [7, 11) is 1.80. The number of nitrogens with zero attached hydrogens (tertiary/aromatic N) is 1. The van der Waals surface area contributed by atoms with Crippen LogP contribution in [-0.4, -0.2) is 42.4 Å². The lowest BCUT2D eigenvalue weighted by atomic mass is 9.72. The highest BCUT2D eigenvalue weighted by atomic mass is 16.5. The lowest BCUT2D eigenvalue weighted by Gasteiger charge is -2.50. The molecule has 1 aromatic carbocycles. The molecule has 2 bridgehead atoms. The van der Waals surface area contributed by atoms with Crippen LogP contribution in [0, 0.1) is 23.7 Å². The van der Waals surface area contributed by atoms with Gasteiger partial charge in [0, 0.05) is 25.5 Å². The fraction of sp³-hybridized carbons (Fsp3) is 0.680. The maximum Gasteiger partial charge on any atom is 0.153 e. The van der Waals surface area contributed by atoms with E-state index >= 15 is 0 Å². The summed E-state index contributed by atoms with van der Waals surface area (Å²) < 4.78 is 6.05. The quantitative estimate of drug-likeness (QED) is 0.790. The van der Waals surface area contributed by atoms with Crippen molar-refractivity contribution in [3.05, 3.63) is 35.9 Å². The van der Waals surface area contributed by atoms with Crippen LogP contribution in [0.4, 0.5) is 0 Å². The number of methoxy groups -OCH3 is 1. The van der Waals surface area contributed by atoms with E-state index in [4.69, 9.17) is 4.74 Å². The minimum Gasteiger partial charge on any atom is -0.373 e. The van der Waals surface area contributed by atoms with Gasteiger partial charge in [-0.1, -0.05) is 74.3 Å². The van der Waals surface area contributed by atoms with Crippen LogP contribution in [0.2, 0.25) is 0 Å². The number of hydrogen-bond acceptors (Lipinski definition) is 3. The van der Waals surface area contributed by atoms with E-state index in [1.54, 1.807) is 7.11 Å². The Kier molecular flexibility index (Phi) is 6.11.